The summed E-state index contributed by atoms with van der Waals surface area (Å²) < 4.78 is 354. The average Bonchev–Trinajstić information content (AvgIpc) is 0.765. The van der Waals surface area contributed by atoms with Crippen LogP contribution in [0.4, 0.5) is 111 Å². The predicted octanol–water partition coefficient (Wildman–Crippen LogP) is 16.7. The van der Waals surface area contributed by atoms with Gasteiger partial charge in [-0.25, -0.2) is 0 Å². The highest BCUT2D eigenvalue weighted by Crippen LogP contribution is 2.42. The number of halogens is 24. The fourth-order valence-electron chi connectivity index (χ4n) is 9.12. The van der Waals surface area contributed by atoms with Gasteiger partial charge in [0.25, 0.3) is 0 Å². The van der Waals surface area contributed by atoms with Gasteiger partial charge in [0.1, 0.15) is 22.3 Å². The first kappa shape index (κ1) is 68.1. The molecule has 0 amide bonds. The highest BCUT2D eigenvalue weighted by atomic mass is 32.2. The summed E-state index contributed by atoms with van der Waals surface area (Å²) in [7, 11) is -2.40. The normalized spacial score (nSPS) is 13.9. The summed E-state index contributed by atoms with van der Waals surface area (Å²) in [4.78, 5) is 15.6. The minimum Gasteiger partial charge on any atom is -0.372 e. The third kappa shape index (κ3) is 16.6. The van der Waals surface area contributed by atoms with E-state index in [1.807, 2.05) is 30.3 Å². The van der Waals surface area contributed by atoms with Gasteiger partial charge in [-0.2, -0.15) is 127 Å². The highest BCUT2D eigenvalue weighted by Gasteiger charge is 2.47. The Kier molecular flexibility index (Phi) is 20.1. The van der Waals surface area contributed by atoms with Crippen molar-refractivity contribution in [2.45, 2.75) is 93.8 Å². The summed E-state index contributed by atoms with van der Waals surface area (Å²) >= 11 is 0. The minimum atomic E-state index is -6.13. The first-order valence-corrected chi connectivity index (χ1v) is 26.6. The molecule has 84 heavy (non-hydrogen) atoms. The largest absolute Gasteiger partial charge is 0.416 e. The molecule has 0 aliphatic rings. The van der Waals surface area contributed by atoms with Crippen molar-refractivity contribution < 1.29 is 114 Å². The van der Waals surface area contributed by atoms with Gasteiger partial charge in [-0.1, -0.05) is 110 Å². The molecule has 0 saturated carbocycles. The molecule has 3 nitrogen and oxygen atoms in total. The number of unbranched alkanes of at least 4 members (excludes halogenated alkanes) is 2. The second kappa shape index (κ2) is 24.7. The Hall–Kier alpha value is -6.68. The van der Waals surface area contributed by atoms with Crippen LogP contribution in [0.3, 0.4) is 0 Å². The zero-order valence-electron chi connectivity index (χ0n) is 43.4. The Morgan fingerprint density at radius 3 is 0.869 bits per heavy atom. The van der Waals surface area contributed by atoms with Crippen LogP contribution in [0, 0.1) is 0 Å². The van der Waals surface area contributed by atoms with E-state index in [0.717, 1.165) is 18.0 Å². The molecule has 1 unspecified atom stereocenters. The molecule has 0 aromatic heterocycles. The van der Waals surface area contributed by atoms with Crippen molar-refractivity contribution in [2.75, 3.05) is 30.0 Å². The smallest absolute Gasteiger partial charge is 0.372 e. The molecule has 1 atom stereocenters. The highest BCUT2D eigenvalue weighted by molar-refractivity contribution is 8.03. The lowest BCUT2D eigenvalue weighted by atomic mass is 9.12. The number of alkyl halides is 24. The van der Waals surface area contributed by atoms with Crippen LogP contribution in [-0.2, 0) is 63.6 Å². The fourth-order valence-corrected chi connectivity index (χ4v) is 10.7. The van der Waals surface area contributed by atoms with E-state index in [-0.39, 0.29) is 11.5 Å². The Morgan fingerprint density at radius 1 is 0.393 bits per heavy atom. The molecule has 6 aromatic carbocycles. The number of Topliss-reactive ketones (excluding diaryl/α,β-unsaturated/α-hetero) is 1. The molecule has 0 heterocycles. The summed E-state index contributed by atoms with van der Waals surface area (Å²) in [6.07, 6.45) is -48.4. The minimum absolute atomic E-state index is 0.0474. The van der Waals surface area contributed by atoms with Crippen LogP contribution in [0.5, 0.6) is 0 Å². The number of hydrogen-bond donors (Lipinski definition) is 0. The second-order valence-corrected chi connectivity index (χ2v) is 22.1. The summed E-state index contributed by atoms with van der Waals surface area (Å²) in [6, 6.07) is 8.26. The molecule has 458 valence electrons. The molecular formula is C55H44BF24NO2S. The van der Waals surface area contributed by atoms with Crippen LogP contribution in [0.2, 0.25) is 0 Å². The van der Waals surface area contributed by atoms with E-state index < -0.39 is 205 Å². The number of nitrogens with zero attached hydrogens (tertiary/aromatic N) is 1. The Morgan fingerprint density at radius 2 is 0.643 bits per heavy atom. The van der Waals surface area contributed by atoms with Crippen molar-refractivity contribution in [3.05, 3.63) is 177 Å². The van der Waals surface area contributed by atoms with Crippen LogP contribution in [0.25, 0.3) is 0 Å². The lowest BCUT2D eigenvalue weighted by Crippen LogP contribution is -2.75. The van der Waals surface area contributed by atoms with E-state index in [1.165, 1.54) is 31.4 Å². The standard InChI is InChI=1S/C32H12BF24.C23H32NO2S/c34-25(35,36)13-1-14(26(37,38)39)6-21(5-13)33(22-7-15(27(40,41)42)2-16(8-22)28(43,44)45,23-9-17(29(46,47)48)3-18(10-23)30(49,50)51)24-11-19(31(52,53)54)4-20(12-24)32(55,56)57;1-4-6-17-24(18-7-5-2)21-13-15-22(16-14-21)27(3,26)19-23(25)20-11-9-8-10-12-20/h1-12H;8-16H,4-7,17-19H2,1-3H3/q-1;+1. The van der Waals surface area contributed by atoms with Crippen LogP contribution in [0.1, 0.15) is 94.4 Å². The molecule has 6 aromatic rings. The fraction of sp³-hybridized carbons (Fsp3) is 0.327. The van der Waals surface area contributed by atoms with Gasteiger partial charge in [0.15, 0.2) is 10.6 Å². The van der Waals surface area contributed by atoms with E-state index in [2.05, 4.69) is 30.9 Å². The number of ketones is 1. The van der Waals surface area contributed by atoms with Crippen LogP contribution < -0.4 is 26.8 Å². The van der Waals surface area contributed by atoms with E-state index >= 15 is 0 Å². The van der Waals surface area contributed by atoms with Crippen LogP contribution in [-0.4, -0.2) is 37.0 Å². The maximum absolute atomic E-state index is 14.2. The van der Waals surface area contributed by atoms with E-state index in [9.17, 15) is 114 Å². The monoisotopic (exact) mass is 1250 g/mol. The molecular weight excluding hydrogens is 1210 g/mol. The van der Waals surface area contributed by atoms with E-state index in [0.29, 0.717) is 5.56 Å². The van der Waals surface area contributed by atoms with Gasteiger partial charge >= 0.3 is 49.4 Å². The molecule has 0 aliphatic carbocycles. The maximum atomic E-state index is 14.2. The van der Waals surface area contributed by atoms with Crippen molar-refractivity contribution in [1.29, 1.82) is 0 Å². The van der Waals surface area contributed by atoms with Gasteiger partial charge in [0.05, 0.1) is 44.5 Å². The zero-order chi connectivity index (χ0) is 63.6. The summed E-state index contributed by atoms with van der Waals surface area (Å²) in [5.41, 5.74) is -28.4. The zero-order valence-corrected chi connectivity index (χ0v) is 44.2. The summed E-state index contributed by atoms with van der Waals surface area (Å²) in [5, 5.41) is 0. The topological polar surface area (TPSA) is 37.4 Å². The molecule has 0 spiro atoms. The number of carbonyl (C=O) groups is 1. The number of anilines is 1. The van der Waals surface area contributed by atoms with Crippen molar-refractivity contribution in [3.8, 4) is 0 Å². The second-order valence-electron chi connectivity index (χ2n) is 19.3. The Labute approximate surface area is 464 Å². The van der Waals surface area contributed by atoms with Crippen molar-refractivity contribution >= 4 is 49.4 Å². The number of rotatable bonds is 15. The number of hydrogen-bond acceptors (Lipinski definition) is 3. The molecule has 29 heteroatoms. The third-order valence-electron chi connectivity index (χ3n) is 13.2. The van der Waals surface area contributed by atoms with Gasteiger partial charge in [0.2, 0.25) is 5.78 Å². The van der Waals surface area contributed by atoms with E-state index in [1.54, 1.807) is 18.4 Å². The first-order chi connectivity index (χ1) is 38.2. The molecule has 0 saturated heterocycles. The molecule has 0 fully saturated rings. The number of carbonyl (C=O) groups excluding carboxylic acids is 1. The molecule has 0 N–H and O–H groups in total. The molecule has 6 rings (SSSR count). The predicted molar refractivity (Wildman–Crippen MR) is 266 cm³/mol. The summed E-state index contributed by atoms with van der Waals surface area (Å²) in [6.45, 7) is 6.50. The molecule has 0 aliphatic heterocycles. The quantitative estimate of drug-likeness (QED) is 0.0445. The van der Waals surface area contributed by atoms with Crippen molar-refractivity contribution in [2.24, 2.45) is 0 Å². The molecule has 0 radical (unpaired) electrons. The van der Waals surface area contributed by atoms with Gasteiger partial charge in [-0.15, -0.1) is 0 Å². The maximum Gasteiger partial charge on any atom is 0.416 e. The van der Waals surface area contributed by atoms with Gasteiger partial charge in [0, 0.05) is 24.3 Å². The van der Waals surface area contributed by atoms with Gasteiger partial charge in [-0.3, -0.25) is 4.79 Å². The first-order valence-electron chi connectivity index (χ1n) is 24.5. The lowest BCUT2D eigenvalue weighted by Gasteiger charge is -2.46. The Bertz CT molecular complexity index is 2860. The number of benzene rings is 6. The van der Waals surface area contributed by atoms with Crippen LogP contribution >= 0.6 is 0 Å². The lowest BCUT2D eigenvalue weighted by molar-refractivity contribution is -0.144. The SMILES string of the molecule is CCCCN(CCCC)c1ccc([S+](C)(=O)CC(=O)c2ccccc2)cc1.FC(F)(F)c1cc([B-](c2cc(C(F)(F)F)cc(C(F)(F)F)c2)(c2cc(C(F)(F)F)cc(C(F)(F)F)c2)c2cc(C(F)(F)F)cc(C(F)(F)F)c2)cc(C(F)(F)F)c1. The Balaban J connectivity index is 0.000000398. The van der Waals surface area contributed by atoms with Crippen LogP contribution in [0.15, 0.2) is 132 Å². The van der Waals surface area contributed by atoms with Gasteiger partial charge in [-0.05, 0) is 61.4 Å². The molecule has 0 bridgehead atoms. The van der Waals surface area contributed by atoms with Crippen molar-refractivity contribution in [3.63, 3.8) is 0 Å². The van der Waals surface area contributed by atoms with E-state index in [4.69, 9.17) is 0 Å². The third-order valence-corrected chi connectivity index (χ3v) is 15.3. The average molecular weight is 1250 g/mol. The van der Waals surface area contributed by atoms with Crippen molar-refractivity contribution in [1.82, 2.24) is 0 Å². The van der Waals surface area contributed by atoms with Gasteiger partial charge < -0.3 is 4.90 Å². The summed E-state index contributed by atoms with van der Waals surface area (Å²) in [5.74, 6) is -0.0224.